The highest BCUT2D eigenvalue weighted by Gasteiger charge is 2.22. The molecule has 1 saturated heterocycles. The number of halogens is 1. The first-order chi connectivity index (χ1) is 10.3. The number of likely N-dealkylation sites (tertiary alicyclic amines) is 1. The molecule has 1 aromatic carbocycles. The first-order valence-electron chi connectivity index (χ1n) is 7.96. The average molecular weight is 341 g/mol. The van der Waals surface area contributed by atoms with Gasteiger partial charge in [0.15, 0.2) is 0 Å². The molecule has 3 nitrogen and oxygen atoms in total. The maximum atomic E-state index is 12.3. The van der Waals surface area contributed by atoms with Crippen LogP contribution in [0.1, 0.15) is 30.4 Å². The zero-order valence-electron chi connectivity index (χ0n) is 13.1. The summed E-state index contributed by atoms with van der Waals surface area (Å²) in [6.45, 7) is 1.78. The lowest BCUT2D eigenvalue weighted by Gasteiger charge is -2.32. The zero-order valence-corrected chi connectivity index (χ0v) is 14.8. The fraction of sp³-hybridized carbons (Fsp3) is 0.588. The standard InChI is InChI=1S/C17H24N2OS.ClH/c1-18-15-6-3-9-19(11-15)17(20)12-21-16-8-7-13-4-2-5-14(13)10-16;/h7-8,10,15,18H,2-6,9,11-12H2,1H3;1H. The fourth-order valence-corrected chi connectivity index (χ4v) is 4.18. The van der Waals surface area contributed by atoms with Gasteiger partial charge in [-0.3, -0.25) is 4.79 Å². The molecule has 22 heavy (non-hydrogen) atoms. The van der Waals surface area contributed by atoms with Gasteiger partial charge in [0.1, 0.15) is 0 Å². The third-order valence-corrected chi connectivity index (χ3v) is 5.59. The summed E-state index contributed by atoms with van der Waals surface area (Å²) in [6.07, 6.45) is 5.99. The maximum absolute atomic E-state index is 12.3. The van der Waals surface area contributed by atoms with Gasteiger partial charge in [0.2, 0.25) is 5.91 Å². The Morgan fingerprint density at radius 2 is 2.14 bits per heavy atom. The Bertz CT molecular complexity index is 523. The molecule has 0 aromatic heterocycles. The van der Waals surface area contributed by atoms with Crippen molar-refractivity contribution in [3.63, 3.8) is 0 Å². The highest BCUT2D eigenvalue weighted by atomic mass is 35.5. The number of nitrogens with zero attached hydrogens (tertiary/aromatic N) is 1. The summed E-state index contributed by atoms with van der Waals surface area (Å²) in [4.78, 5) is 15.6. The highest BCUT2D eigenvalue weighted by molar-refractivity contribution is 8.00. The Balaban J connectivity index is 0.00000176. The molecule has 0 bridgehead atoms. The van der Waals surface area contributed by atoms with Crippen LogP contribution in [0.15, 0.2) is 23.1 Å². The SMILES string of the molecule is CNC1CCCN(C(=O)CSc2ccc3c(c2)CCC3)C1.Cl. The number of amides is 1. The van der Waals surface area contributed by atoms with Gasteiger partial charge in [0, 0.05) is 24.0 Å². The largest absolute Gasteiger partial charge is 0.340 e. The number of thioether (sulfide) groups is 1. The molecule has 1 fully saturated rings. The molecule has 2 aliphatic rings. The van der Waals surface area contributed by atoms with Gasteiger partial charge in [0.25, 0.3) is 0 Å². The zero-order chi connectivity index (χ0) is 14.7. The number of hydrogen-bond donors (Lipinski definition) is 1. The Morgan fingerprint density at radius 1 is 1.32 bits per heavy atom. The number of aryl methyl sites for hydroxylation is 2. The molecule has 1 N–H and O–H groups in total. The molecular formula is C17H25ClN2OS. The van der Waals surface area contributed by atoms with E-state index < -0.39 is 0 Å². The molecule has 0 saturated carbocycles. The van der Waals surface area contributed by atoms with E-state index in [0.29, 0.717) is 11.8 Å². The Hall–Kier alpha value is -0.710. The van der Waals surface area contributed by atoms with Crippen LogP contribution in [-0.2, 0) is 17.6 Å². The predicted molar refractivity (Wildman–Crippen MR) is 95.1 cm³/mol. The summed E-state index contributed by atoms with van der Waals surface area (Å²) in [5.41, 5.74) is 2.99. The van der Waals surface area contributed by atoms with Crippen LogP contribution in [0.5, 0.6) is 0 Å². The molecule has 122 valence electrons. The summed E-state index contributed by atoms with van der Waals surface area (Å²) in [5.74, 6) is 0.843. The van der Waals surface area contributed by atoms with Crippen LogP contribution in [0, 0.1) is 0 Å². The van der Waals surface area contributed by atoms with Gasteiger partial charge in [-0.1, -0.05) is 6.07 Å². The van der Waals surface area contributed by atoms with E-state index >= 15 is 0 Å². The number of rotatable bonds is 4. The first kappa shape index (κ1) is 17.6. The molecule has 0 radical (unpaired) electrons. The number of nitrogens with one attached hydrogen (secondary N) is 1. The van der Waals surface area contributed by atoms with Crippen LogP contribution in [0.2, 0.25) is 0 Å². The topological polar surface area (TPSA) is 32.3 Å². The molecule has 0 spiro atoms. The number of fused-ring (bicyclic) bond motifs is 1. The van der Waals surface area contributed by atoms with Gasteiger partial charge < -0.3 is 10.2 Å². The third-order valence-electron chi connectivity index (χ3n) is 4.61. The minimum Gasteiger partial charge on any atom is -0.340 e. The van der Waals surface area contributed by atoms with E-state index in [1.807, 2.05) is 11.9 Å². The van der Waals surface area contributed by atoms with Crippen molar-refractivity contribution in [1.82, 2.24) is 10.2 Å². The molecule has 1 amide bonds. The summed E-state index contributed by atoms with van der Waals surface area (Å²) in [7, 11) is 1.98. The first-order valence-corrected chi connectivity index (χ1v) is 8.94. The molecule has 5 heteroatoms. The summed E-state index contributed by atoms with van der Waals surface area (Å²) in [5, 5.41) is 3.29. The maximum Gasteiger partial charge on any atom is 0.232 e. The Labute approximate surface area is 143 Å². The van der Waals surface area contributed by atoms with Gasteiger partial charge in [0.05, 0.1) is 5.75 Å². The van der Waals surface area contributed by atoms with Crippen molar-refractivity contribution in [3.8, 4) is 0 Å². The normalized spacial score (nSPS) is 20.4. The molecule has 1 unspecified atom stereocenters. The molecule has 1 aliphatic carbocycles. The molecule has 3 rings (SSSR count). The number of benzene rings is 1. The van der Waals surface area contributed by atoms with Gasteiger partial charge in [-0.15, -0.1) is 24.2 Å². The number of carbonyl (C=O) groups is 1. The average Bonchev–Trinajstić information content (AvgIpc) is 3.00. The van der Waals surface area contributed by atoms with E-state index in [2.05, 4.69) is 23.5 Å². The highest BCUT2D eigenvalue weighted by Crippen LogP contribution is 2.27. The van der Waals surface area contributed by atoms with Crippen LogP contribution in [0.25, 0.3) is 0 Å². The van der Waals surface area contributed by atoms with Crippen LogP contribution in [0.3, 0.4) is 0 Å². The lowest BCUT2D eigenvalue weighted by molar-refractivity contribution is -0.129. The van der Waals surface area contributed by atoms with Crippen molar-refractivity contribution in [1.29, 1.82) is 0 Å². The minimum atomic E-state index is 0. The minimum absolute atomic E-state index is 0. The van der Waals surface area contributed by atoms with Crippen molar-refractivity contribution < 1.29 is 4.79 Å². The van der Waals surface area contributed by atoms with Crippen LogP contribution < -0.4 is 5.32 Å². The van der Waals surface area contributed by atoms with Crippen LogP contribution >= 0.6 is 24.2 Å². The van der Waals surface area contributed by atoms with E-state index in [4.69, 9.17) is 0 Å². The number of hydrogen-bond acceptors (Lipinski definition) is 3. The smallest absolute Gasteiger partial charge is 0.232 e. The second-order valence-electron chi connectivity index (χ2n) is 6.04. The Kier molecular flexibility index (Phi) is 6.60. The van der Waals surface area contributed by atoms with Gasteiger partial charge in [-0.2, -0.15) is 0 Å². The van der Waals surface area contributed by atoms with Gasteiger partial charge >= 0.3 is 0 Å². The fourth-order valence-electron chi connectivity index (χ4n) is 3.31. The molecule has 1 heterocycles. The second kappa shape index (κ2) is 8.23. The number of carbonyl (C=O) groups excluding carboxylic acids is 1. The van der Waals surface area contributed by atoms with Gasteiger partial charge in [-0.05, 0) is 62.4 Å². The number of piperidine rings is 1. The predicted octanol–water partition coefficient (Wildman–Crippen LogP) is 2.90. The summed E-state index contributed by atoms with van der Waals surface area (Å²) < 4.78 is 0. The molecule has 1 aromatic rings. The quantitative estimate of drug-likeness (QED) is 0.855. The van der Waals surface area contributed by atoms with Crippen molar-refractivity contribution in [3.05, 3.63) is 29.3 Å². The second-order valence-corrected chi connectivity index (χ2v) is 7.09. The van der Waals surface area contributed by atoms with E-state index in [-0.39, 0.29) is 18.3 Å². The van der Waals surface area contributed by atoms with E-state index in [1.54, 1.807) is 11.8 Å². The molecule has 1 aliphatic heterocycles. The van der Waals surface area contributed by atoms with Gasteiger partial charge in [-0.25, -0.2) is 0 Å². The summed E-state index contributed by atoms with van der Waals surface area (Å²) in [6, 6.07) is 7.17. The van der Waals surface area contributed by atoms with Crippen LogP contribution in [-0.4, -0.2) is 42.7 Å². The molecular weight excluding hydrogens is 316 g/mol. The monoisotopic (exact) mass is 340 g/mol. The lowest BCUT2D eigenvalue weighted by Crippen LogP contribution is -2.47. The van der Waals surface area contributed by atoms with E-state index in [9.17, 15) is 4.79 Å². The van der Waals surface area contributed by atoms with Crippen molar-refractivity contribution >= 4 is 30.1 Å². The van der Waals surface area contributed by atoms with Crippen molar-refractivity contribution in [2.75, 3.05) is 25.9 Å². The lowest BCUT2D eigenvalue weighted by atomic mass is 10.1. The van der Waals surface area contributed by atoms with E-state index in [0.717, 1.165) is 19.5 Å². The van der Waals surface area contributed by atoms with E-state index in [1.165, 1.54) is 41.7 Å². The number of likely N-dealkylation sites (N-methyl/N-ethyl adjacent to an activating group) is 1. The van der Waals surface area contributed by atoms with Crippen molar-refractivity contribution in [2.45, 2.75) is 43.0 Å². The molecule has 1 atom stereocenters. The van der Waals surface area contributed by atoms with Crippen LogP contribution in [0.4, 0.5) is 0 Å². The van der Waals surface area contributed by atoms with Crippen molar-refractivity contribution in [2.24, 2.45) is 0 Å². The third kappa shape index (κ3) is 4.18. The Morgan fingerprint density at radius 3 is 2.95 bits per heavy atom. The summed E-state index contributed by atoms with van der Waals surface area (Å²) >= 11 is 1.69.